The maximum atomic E-state index is 13.9. The monoisotopic (exact) mass is 582 g/mol. The van der Waals surface area contributed by atoms with Crippen LogP contribution in [0.15, 0.2) is 78.9 Å². The Morgan fingerprint density at radius 1 is 0.690 bits per heavy atom. The highest BCUT2D eigenvalue weighted by Crippen LogP contribution is 2.30. The normalized spacial score (nSPS) is 17.4. The minimum atomic E-state index is -0.204. The van der Waals surface area contributed by atoms with Gasteiger partial charge < -0.3 is 14.7 Å². The lowest BCUT2D eigenvalue weighted by molar-refractivity contribution is -0.119. The first-order valence-corrected chi connectivity index (χ1v) is 15.0. The van der Waals surface area contributed by atoms with Gasteiger partial charge in [0.05, 0.1) is 6.54 Å². The number of carbonyl (C=O) groups is 3. The van der Waals surface area contributed by atoms with Crippen molar-refractivity contribution in [2.45, 2.75) is 38.9 Å². The SMILES string of the molecule is O=C(c1ccc(CN2C(=O)CN(C(=O)c3ccc(Cl)cc3)Cc3ccc(CN4CCCCC4)cc32)cc1)N1CC=CC1. The Morgan fingerprint density at radius 2 is 1.31 bits per heavy atom. The maximum absolute atomic E-state index is 13.9. The predicted molar refractivity (Wildman–Crippen MR) is 164 cm³/mol. The first-order chi connectivity index (χ1) is 20.4. The van der Waals surface area contributed by atoms with E-state index in [1.807, 2.05) is 36.4 Å². The van der Waals surface area contributed by atoms with Crippen LogP contribution in [0, 0.1) is 0 Å². The average Bonchev–Trinajstić information content (AvgIpc) is 3.52. The Labute approximate surface area is 252 Å². The average molecular weight is 583 g/mol. The Kier molecular flexibility index (Phi) is 8.40. The van der Waals surface area contributed by atoms with Crippen molar-refractivity contribution in [2.24, 2.45) is 0 Å². The molecule has 216 valence electrons. The highest BCUT2D eigenvalue weighted by molar-refractivity contribution is 6.30. The largest absolute Gasteiger partial charge is 0.331 e. The fraction of sp³-hybridized carbons (Fsp3) is 0.324. The first-order valence-electron chi connectivity index (χ1n) is 14.7. The van der Waals surface area contributed by atoms with E-state index in [2.05, 4.69) is 23.1 Å². The highest BCUT2D eigenvalue weighted by Gasteiger charge is 2.30. The van der Waals surface area contributed by atoms with Crippen LogP contribution < -0.4 is 4.90 Å². The lowest BCUT2D eigenvalue weighted by Gasteiger charge is -2.28. The summed E-state index contributed by atoms with van der Waals surface area (Å²) < 4.78 is 0. The van der Waals surface area contributed by atoms with Crippen LogP contribution in [0.4, 0.5) is 5.69 Å². The Hall–Kier alpha value is -3.94. The Balaban J connectivity index is 1.28. The zero-order valence-electron chi connectivity index (χ0n) is 23.7. The number of carbonyl (C=O) groups excluding carboxylic acids is 3. The molecule has 0 unspecified atom stereocenters. The molecule has 3 aliphatic rings. The molecule has 1 saturated heterocycles. The Bertz CT molecular complexity index is 1490. The van der Waals surface area contributed by atoms with Crippen molar-refractivity contribution < 1.29 is 14.4 Å². The van der Waals surface area contributed by atoms with Gasteiger partial charge in [-0.25, -0.2) is 0 Å². The molecule has 1 fully saturated rings. The van der Waals surface area contributed by atoms with Crippen molar-refractivity contribution in [1.29, 1.82) is 0 Å². The number of amides is 3. The van der Waals surface area contributed by atoms with Gasteiger partial charge in [-0.1, -0.05) is 54.4 Å². The molecule has 3 amide bonds. The minimum Gasteiger partial charge on any atom is -0.331 e. The summed E-state index contributed by atoms with van der Waals surface area (Å²) in [4.78, 5) is 47.8. The molecular weight excluding hydrogens is 548 g/mol. The molecule has 0 radical (unpaired) electrons. The number of likely N-dealkylation sites (tertiary alicyclic amines) is 1. The molecule has 0 saturated carbocycles. The van der Waals surface area contributed by atoms with Crippen molar-refractivity contribution >= 4 is 35.0 Å². The summed E-state index contributed by atoms with van der Waals surface area (Å²) in [5.74, 6) is -0.347. The quantitative estimate of drug-likeness (QED) is 0.359. The number of anilines is 1. The number of fused-ring (bicyclic) bond motifs is 1. The summed E-state index contributed by atoms with van der Waals surface area (Å²) in [6.07, 6.45) is 7.69. The van der Waals surface area contributed by atoms with Crippen molar-refractivity contribution in [2.75, 3.05) is 37.6 Å². The van der Waals surface area contributed by atoms with Gasteiger partial charge in [-0.2, -0.15) is 0 Å². The van der Waals surface area contributed by atoms with Crippen LogP contribution in [0.2, 0.25) is 5.02 Å². The van der Waals surface area contributed by atoms with E-state index in [1.54, 1.807) is 39.0 Å². The van der Waals surface area contributed by atoms with Gasteiger partial charge >= 0.3 is 0 Å². The second-order valence-electron chi connectivity index (χ2n) is 11.3. The lowest BCUT2D eigenvalue weighted by Crippen LogP contribution is -2.39. The molecule has 8 heteroatoms. The van der Waals surface area contributed by atoms with Crippen LogP contribution in [0.25, 0.3) is 0 Å². The van der Waals surface area contributed by atoms with Crippen molar-refractivity contribution in [3.8, 4) is 0 Å². The van der Waals surface area contributed by atoms with Gasteiger partial charge in [0.25, 0.3) is 11.8 Å². The number of nitrogens with zero attached hydrogens (tertiary/aromatic N) is 4. The Morgan fingerprint density at radius 3 is 2.00 bits per heavy atom. The van der Waals surface area contributed by atoms with Crippen LogP contribution in [0.3, 0.4) is 0 Å². The summed E-state index contributed by atoms with van der Waals surface area (Å²) >= 11 is 6.05. The molecule has 0 aliphatic carbocycles. The smallest absolute Gasteiger partial charge is 0.254 e. The molecule has 0 bridgehead atoms. The van der Waals surface area contributed by atoms with Gasteiger partial charge in [0, 0.05) is 48.0 Å². The molecule has 3 heterocycles. The number of hydrogen-bond donors (Lipinski definition) is 0. The second kappa shape index (κ2) is 12.5. The number of benzene rings is 3. The van der Waals surface area contributed by atoms with Gasteiger partial charge in [-0.3, -0.25) is 19.3 Å². The van der Waals surface area contributed by atoms with Crippen molar-refractivity contribution in [3.05, 3.63) is 112 Å². The first kappa shape index (κ1) is 28.2. The minimum absolute atomic E-state index is 0.00135. The van der Waals surface area contributed by atoms with Crippen LogP contribution in [0.5, 0.6) is 0 Å². The lowest BCUT2D eigenvalue weighted by atomic mass is 10.0. The second-order valence-corrected chi connectivity index (χ2v) is 11.8. The molecule has 3 aromatic carbocycles. The number of piperidine rings is 1. The molecule has 3 aromatic rings. The predicted octanol–water partition coefficient (Wildman–Crippen LogP) is 5.53. The van der Waals surface area contributed by atoms with E-state index in [0.29, 0.717) is 42.3 Å². The molecule has 3 aliphatic heterocycles. The zero-order chi connectivity index (χ0) is 29.1. The maximum Gasteiger partial charge on any atom is 0.254 e. The van der Waals surface area contributed by atoms with Gasteiger partial charge in [-0.15, -0.1) is 0 Å². The molecule has 7 nitrogen and oxygen atoms in total. The summed E-state index contributed by atoms with van der Waals surface area (Å²) in [5.41, 5.74) is 4.98. The van der Waals surface area contributed by atoms with Gasteiger partial charge in [-0.05, 0) is 85.1 Å². The topological polar surface area (TPSA) is 64.2 Å². The van der Waals surface area contributed by atoms with Gasteiger partial charge in [0.1, 0.15) is 6.54 Å². The summed E-state index contributed by atoms with van der Waals surface area (Å²) in [5, 5.41) is 0.557. The molecular formula is C34H35ClN4O3. The third-order valence-electron chi connectivity index (χ3n) is 8.31. The standard InChI is InChI=1S/C34H35ClN4O3/c35-30-14-12-28(13-15-30)34(42)38-23-29-11-8-26(21-36-16-2-1-3-17-36)20-31(29)39(32(40)24-38)22-25-6-9-27(10-7-25)33(41)37-18-4-5-19-37/h4-15,20H,1-3,16-19,21-24H2. The van der Waals surface area contributed by atoms with Crippen molar-refractivity contribution in [1.82, 2.24) is 14.7 Å². The number of rotatable bonds is 6. The van der Waals surface area contributed by atoms with Crippen LogP contribution in [-0.2, 0) is 24.4 Å². The third-order valence-corrected chi connectivity index (χ3v) is 8.56. The van der Waals surface area contributed by atoms with Crippen LogP contribution in [-0.4, -0.2) is 65.1 Å². The van der Waals surface area contributed by atoms with E-state index in [4.69, 9.17) is 11.6 Å². The summed E-state index contributed by atoms with van der Waals surface area (Å²) in [7, 11) is 0. The van der Waals surface area contributed by atoms with E-state index >= 15 is 0 Å². The third kappa shape index (κ3) is 6.27. The van der Waals surface area contributed by atoms with Crippen LogP contribution >= 0.6 is 11.6 Å². The van der Waals surface area contributed by atoms with Gasteiger partial charge in [0.15, 0.2) is 0 Å². The zero-order valence-corrected chi connectivity index (χ0v) is 24.4. The van der Waals surface area contributed by atoms with Crippen LogP contribution in [0.1, 0.15) is 56.7 Å². The fourth-order valence-electron chi connectivity index (χ4n) is 5.97. The van der Waals surface area contributed by atoms with Crippen molar-refractivity contribution in [3.63, 3.8) is 0 Å². The molecule has 0 N–H and O–H groups in total. The molecule has 0 spiro atoms. The number of halogens is 1. The molecule has 42 heavy (non-hydrogen) atoms. The van der Waals surface area contributed by atoms with E-state index in [-0.39, 0.29) is 24.3 Å². The van der Waals surface area contributed by atoms with E-state index in [0.717, 1.165) is 42.0 Å². The molecule has 0 atom stereocenters. The number of hydrogen-bond acceptors (Lipinski definition) is 4. The molecule has 6 rings (SSSR count). The summed E-state index contributed by atoms with van der Waals surface area (Å²) in [6, 6.07) is 20.6. The molecule has 0 aromatic heterocycles. The highest BCUT2D eigenvalue weighted by atomic mass is 35.5. The fourth-order valence-corrected chi connectivity index (χ4v) is 6.09. The van der Waals surface area contributed by atoms with E-state index in [9.17, 15) is 14.4 Å². The van der Waals surface area contributed by atoms with Gasteiger partial charge in [0.2, 0.25) is 5.91 Å². The summed E-state index contributed by atoms with van der Waals surface area (Å²) in [6.45, 7) is 4.92. The van der Waals surface area contributed by atoms with E-state index in [1.165, 1.54) is 19.3 Å². The van der Waals surface area contributed by atoms with E-state index < -0.39 is 0 Å².